The summed E-state index contributed by atoms with van der Waals surface area (Å²) in [4.78, 5) is 13.9. The summed E-state index contributed by atoms with van der Waals surface area (Å²) in [6, 6.07) is 0.229. The summed E-state index contributed by atoms with van der Waals surface area (Å²) in [6.45, 7) is 7.98. The van der Waals surface area contributed by atoms with E-state index in [2.05, 4.69) is 5.32 Å². The Balaban J connectivity index is 4.27. The average Bonchev–Trinajstić information content (AvgIpc) is 2.18. The van der Waals surface area contributed by atoms with Crippen molar-refractivity contribution in [1.82, 2.24) is 10.2 Å². The lowest BCUT2D eigenvalue weighted by atomic mass is 10.1. The predicted molar refractivity (Wildman–Crippen MR) is 61.8 cm³/mol. The zero-order valence-electron chi connectivity index (χ0n) is 10.5. The highest BCUT2D eigenvalue weighted by molar-refractivity contribution is 5.79. The van der Waals surface area contributed by atoms with E-state index in [1.165, 1.54) is 0 Å². The Labute approximate surface area is 93.0 Å². The van der Waals surface area contributed by atoms with Gasteiger partial charge in [-0.25, -0.2) is 0 Å². The number of methoxy groups -OCH3 is 1. The first kappa shape index (κ1) is 14.4. The third kappa shape index (κ3) is 5.14. The van der Waals surface area contributed by atoms with Crippen LogP contribution in [0.5, 0.6) is 0 Å². The van der Waals surface area contributed by atoms with Crippen molar-refractivity contribution >= 4 is 5.91 Å². The van der Waals surface area contributed by atoms with Crippen LogP contribution in [-0.4, -0.2) is 50.7 Å². The number of nitrogens with zero attached hydrogens (tertiary/aromatic N) is 1. The van der Waals surface area contributed by atoms with Gasteiger partial charge in [0.15, 0.2) is 0 Å². The first-order chi connectivity index (χ1) is 7.04. The molecule has 90 valence electrons. The molecule has 1 N–H and O–H groups in total. The van der Waals surface area contributed by atoms with Crippen molar-refractivity contribution in [3.05, 3.63) is 0 Å². The summed E-state index contributed by atoms with van der Waals surface area (Å²) in [6.07, 6.45) is 0. The van der Waals surface area contributed by atoms with Crippen molar-refractivity contribution in [3.8, 4) is 0 Å². The first-order valence-electron chi connectivity index (χ1n) is 5.48. The Hall–Kier alpha value is -0.610. The maximum Gasteiger partial charge on any atom is 0.226 e. The lowest BCUT2D eigenvalue weighted by Crippen LogP contribution is -2.44. The molecule has 0 aromatic heterocycles. The van der Waals surface area contributed by atoms with Crippen LogP contribution in [-0.2, 0) is 9.53 Å². The number of nitrogens with one attached hydrogen (secondary N) is 1. The van der Waals surface area contributed by atoms with E-state index < -0.39 is 0 Å². The monoisotopic (exact) mass is 216 g/mol. The van der Waals surface area contributed by atoms with Gasteiger partial charge in [-0.15, -0.1) is 0 Å². The molecule has 0 aliphatic heterocycles. The Morgan fingerprint density at radius 2 is 2.00 bits per heavy atom. The van der Waals surface area contributed by atoms with Gasteiger partial charge in [0.1, 0.15) is 0 Å². The van der Waals surface area contributed by atoms with Gasteiger partial charge in [0, 0.05) is 32.2 Å². The molecular weight excluding hydrogens is 192 g/mol. The highest BCUT2D eigenvalue weighted by Gasteiger charge is 2.21. The minimum atomic E-state index is 0.0225. The van der Waals surface area contributed by atoms with E-state index in [0.29, 0.717) is 13.2 Å². The maximum absolute atomic E-state index is 12.0. The summed E-state index contributed by atoms with van der Waals surface area (Å²) >= 11 is 0. The van der Waals surface area contributed by atoms with Crippen molar-refractivity contribution in [3.63, 3.8) is 0 Å². The summed E-state index contributed by atoms with van der Waals surface area (Å²) in [5.74, 6) is 0.214. The van der Waals surface area contributed by atoms with Gasteiger partial charge in [0.05, 0.1) is 6.61 Å². The van der Waals surface area contributed by atoms with E-state index in [1.54, 1.807) is 7.11 Å². The summed E-state index contributed by atoms with van der Waals surface area (Å²) in [7, 11) is 3.51. The lowest BCUT2D eigenvalue weighted by Gasteiger charge is -2.29. The van der Waals surface area contributed by atoms with Gasteiger partial charge < -0.3 is 15.0 Å². The summed E-state index contributed by atoms with van der Waals surface area (Å²) < 4.78 is 5.00. The van der Waals surface area contributed by atoms with Crippen LogP contribution in [0, 0.1) is 5.92 Å². The first-order valence-corrected chi connectivity index (χ1v) is 5.48. The Kier molecular flexibility index (Phi) is 7.34. The molecule has 1 atom stereocenters. The molecule has 0 spiro atoms. The van der Waals surface area contributed by atoms with Crippen LogP contribution in [0.4, 0.5) is 0 Å². The van der Waals surface area contributed by atoms with Crippen molar-refractivity contribution in [2.45, 2.75) is 26.8 Å². The fourth-order valence-corrected chi connectivity index (χ4v) is 1.49. The smallest absolute Gasteiger partial charge is 0.226 e. The number of hydrogen-bond donors (Lipinski definition) is 1. The van der Waals surface area contributed by atoms with Gasteiger partial charge in [-0.05, 0) is 20.9 Å². The Morgan fingerprint density at radius 3 is 2.40 bits per heavy atom. The minimum absolute atomic E-state index is 0.0225. The van der Waals surface area contributed by atoms with Gasteiger partial charge in [-0.2, -0.15) is 0 Å². The standard InChI is InChI=1S/C11H24N2O2/c1-9(2)13(6-7-15-5)11(14)10(3)8-12-4/h9-10,12H,6-8H2,1-5H3. The van der Waals surface area contributed by atoms with Crippen molar-refractivity contribution in [2.24, 2.45) is 5.92 Å². The summed E-state index contributed by atoms with van der Waals surface area (Å²) in [5.41, 5.74) is 0. The second-order valence-electron chi connectivity index (χ2n) is 4.08. The van der Waals surface area contributed by atoms with Gasteiger partial charge in [0.2, 0.25) is 5.91 Å². The molecule has 0 bridgehead atoms. The molecule has 0 fully saturated rings. The Morgan fingerprint density at radius 1 is 1.40 bits per heavy atom. The normalized spacial score (nSPS) is 12.9. The number of rotatable bonds is 7. The third-order valence-corrected chi connectivity index (χ3v) is 2.37. The van der Waals surface area contributed by atoms with Gasteiger partial charge in [-0.1, -0.05) is 6.92 Å². The second kappa shape index (κ2) is 7.65. The van der Waals surface area contributed by atoms with Crippen LogP contribution in [0.3, 0.4) is 0 Å². The molecule has 0 heterocycles. The van der Waals surface area contributed by atoms with E-state index in [-0.39, 0.29) is 17.9 Å². The van der Waals surface area contributed by atoms with Crippen LogP contribution < -0.4 is 5.32 Å². The molecule has 4 nitrogen and oxygen atoms in total. The van der Waals surface area contributed by atoms with Crippen LogP contribution in [0.2, 0.25) is 0 Å². The molecule has 0 saturated heterocycles. The molecule has 1 unspecified atom stereocenters. The molecule has 15 heavy (non-hydrogen) atoms. The maximum atomic E-state index is 12.0. The van der Waals surface area contributed by atoms with E-state index in [0.717, 1.165) is 6.54 Å². The zero-order valence-corrected chi connectivity index (χ0v) is 10.5. The lowest BCUT2D eigenvalue weighted by molar-refractivity contribution is -0.137. The third-order valence-electron chi connectivity index (χ3n) is 2.37. The summed E-state index contributed by atoms with van der Waals surface area (Å²) in [5, 5.41) is 3.02. The quantitative estimate of drug-likeness (QED) is 0.682. The van der Waals surface area contributed by atoms with Crippen molar-refractivity contribution in [2.75, 3.05) is 33.9 Å². The van der Waals surface area contributed by atoms with E-state index >= 15 is 0 Å². The second-order valence-corrected chi connectivity index (χ2v) is 4.08. The molecule has 0 aromatic rings. The van der Waals surface area contributed by atoms with Crippen LogP contribution in [0.1, 0.15) is 20.8 Å². The average molecular weight is 216 g/mol. The SMILES string of the molecule is CNCC(C)C(=O)N(CCOC)C(C)C. The fraction of sp³-hybridized carbons (Fsp3) is 0.909. The molecule has 0 saturated carbocycles. The fourth-order valence-electron chi connectivity index (χ4n) is 1.49. The molecule has 4 heteroatoms. The molecule has 0 aliphatic rings. The Bertz CT molecular complexity index is 183. The molecule has 0 rings (SSSR count). The van der Waals surface area contributed by atoms with Crippen LogP contribution in [0.15, 0.2) is 0 Å². The number of carbonyl (C=O) groups excluding carboxylic acids is 1. The number of hydrogen-bond acceptors (Lipinski definition) is 3. The molecule has 0 radical (unpaired) electrons. The largest absolute Gasteiger partial charge is 0.383 e. The van der Waals surface area contributed by atoms with E-state index in [1.807, 2.05) is 32.7 Å². The van der Waals surface area contributed by atoms with Crippen molar-refractivity contribution in [1.29, 1.82) is 0 Å². The predicted octanol–water partition coefficient (Wildman–Crippen LogP) is 0.725. The van der Waals surface area contributed by atoms with Crippen LogP contribution >= 0.6 is 0 Å². The van der Waals surface area contributed by atoms with E-state index in [4.69, 9.17) is 4.74 Å². The van der Waals surface area contributed by atoms with E-state index in [9.17, 15) is 4.79 Å². The number of amides is 1. The van der Waals surface area contributed by atoms with Gasteiger partial charge >= 0.3 is 0 Å². The molecule has 0 aliphatic carbocycles. The van der Waals surface area contributed by atoms with Gasteiger partial charge in [0.25, 0.3) is 0 Å². The van der Waals surface area contributed by atoms with Crippen LogP contribution in [0.25, 0.3) is 0 Å². The highest BCUT2D eigenvalue weighted by Crippen LogP contribution is 2.06. The zero-order chi connectivity index (χ0) is 11.8. The number of ether oxygens (including phenoxy) is 1. The topological polar surface area (TPSA) is 41.6 Å². The minimum Gasteiger partial charge on any atom is -0.383 e. The molecule has 0 aromatic carbocycles. The highest BCUT2D eigenvalue weighted by atomic mass is 16.5. The molecular formula is C11H24N2O2. The van der Waals surface area contributed by atoms with Crippen molar-refractivity contribution < 1.29 is 9.53 Å². The van der Waals surface area contributed by atoms with Gasteiger partial charge in [-0.3, -0.25) is 4.79 Å². The number of carbonyl (C=O) groups is 1. The molecule has 1 amide bonds.